The van der Waals surface area contributed by atoms with Crippen molar-refractivity contribution in [2.45, 2.75) is 38.5 Å². The van der Waals surface area contributed by atoms with E-state index in [1.807, 2.05) is 68.4 Å². The van der Waals surface area contributed by atoms with Gasteiger partial charge in [-0.2, -0.15) is 0 Å². The zero-order valence-electron chi connectivity index (χ0n) is 17.0. The second-order valence-corrected chi connectivity index (χ2v) is 8.48. The molecule has 30 heavy (non-hydrogen) atoms. The summed E-state index contributed by atoms with van der Waals surface area (Å²) in [4.78, 5) is 13.2. The van der Waals surface area contributed by atoms with Gasteiger partial charge in [-0.05, 0) is 43.7 Å². The van der Waals surface area contributed by atoms with Crippen molar-refractivity contribution in [1.29, 1.82) is 0 Å². The molecule has 154 valence electrons. The zero-order chi connectivity index (χ0) is 21.1. The van der Waals surface area contributed by atoms with E-state index in [0.29, 0.717) is 29.4 Å². The summed E-state index contributed by atoms with van der Waals surface area (Å²) >= 11 is 6.19. The molecule has 0 saturated carbocycles. The normalized spacial score (nSPS) is 16.8. The molecule has 0 saturated heterocycles. The van der Waals surface area contributed by atoms with Gasteiger partial charge in [-0.3, -0.25) is 4.79 Å². The summed E-state index contributed by atoms with van der Waals surface area (Å²) in [7, 11) is 0. The maximum absolute atomic E-state index is 13.2. The summed E-state index contributed by atoms with van der Waals surface area (Å²) in [6, 6.07) is 22.6. The van der Waals surface area contributed by atoms with E-state index in [0.717, 1.165) is 16.9 Å². The molecule has 4 nitrogen and oxygen atoms in total. The lowest BCUT2D eigenvalue weighted by atomic mass is 9.89. The third kappa shape index (κ3) is 4.60. The Balaban J connectivity index is 1.57. The van der Waals surface area contributed by atoms with E-state index in [1.54, 1.807) is 18.2 Å². The van der Waals surface area contributed by atoms with Crippen molar-refractivity contribution < 1.29 is 14.3 Å². The molecule has 0 fully saturated rings. The SMILES string of the molecule is CC1(C)C[C@H](NC(=O)c2cc(Cl)ccc2OCc2ccccc2)c2ccccc2O1. The van der Waals surface area contributed by atoms with E-state index >= 15 is 0 Å². The summed E-state index contributed by atoms with van der Waals surface area (Å²) in [6.07, 6.45) is 0.663. The fraction of sp³-hybridized carbons (Fsp3) is 0.240. The van der Waals surface area contributed by atoms with Crippen molar-refractivity contribution in [3.8, 4) is 11.5 Å². The summed E-state index contributed by atoms with van der Waals surface area (Å²) in [5.74, 6) is 1.07. The lowest BCUT2D eigenvalue weighted by Gasteiger charge is -2.37. The van der Waals surface area contributed by atoms with E-state index in [1.165, 1.54) is 0 Å². The molecule has 3 aromatic rings. The van der Waals surface area contributed by atoms with Crippen LogP contribution in [-0.4, -0.2) is 11.5 Å². The molecule has 1 aliphatic rings. The highest BCUT2D eigenvalue weighted by Gasteiger charge is 2.34. The molecule has 0 aromatic heterocycles. The Bertz CT molecular complexity index is 1050. The molecular weight excluding hydrogens is 398 g/mol. The van der Waals surface area contributed by atoms with Crippen LogP contribution in [0.4, 0.5) is 0 Å². The molecule has 1 heterocycles. The van der Waals surface area contributed by atoms with Crippen LogP contribution in [0.2, 0.25) is 5.02 Å². The minimum Gasteiger partial charge on any atom is -0.488 e. The Morgan fingerprint density at radius 3 is 2.63 bits per heavy atom. The van der Waals surface area contributed by atoms with E-state index in [-0.39, 0.29) is 17.6 Å². The Labute approximate surface area is 181 Å². The molecule has 5 heteroatoms. The van der Waals surface area contributed by atoms with Crippen LogP contribution in [0.1, 0.15) is 47.8 Å². The lowest BCUT2D eigenvalue weighted by molar-refractivity contribution is 0.0618. The van der Waals surface area contributed by atoms with E-state index in [4.69, 9.17) is 21.1 Å². The summed E-state index contributed by atoms with van der Waals surface area (Å²) in [5.41, 5.74) is 2.03. The first-order valence-corrected chi connectivity index (χ1v) is 10.3. The monoisotopic (exact) mass is 421 g/mol. The van der Waals surface area contributed by atoms with Crippen LogP contribution in [0.15, 0.2) is 72.8 Å². The summed E-state index contributed by atoms with van der Waals surface area (Å²) in [5, 5.41) is 3.64. The molecule has 0 radical (unpaired) electrons. The Kier molecular flexibility index (Phi) is 5.69. The molecule has 0 bridgehead atoms. The van der Waals surface area contributed by atoms with Crippen LogP contribution in [0.5, 0.6) is 11.5 Å². The van der Waals surface area contributed by atoms with E-state index in [9.17, 15) is 4.79 Å². The third-order valence-electron chi connectivity index (χ3n) is 5.11. The number of carbonyl (C=O) groups is 1. The van der Waals surface area contributed by atoms with Gasteiger partial charge in [0.05, 0.1) is 11.6 Å². The maximum Gasteiger partial charge on any atom is 0.255 e. The van der Waals surface area contributed by atoms with Gasteiger partial charge in [0, 0.05) is 17.0 Å². The van der Waals surface area contributed by atoms with Crippen molar-refractivity contribution in [1.82, 2.24) is 5.32 Å². The van der Waals surface area contributed by atoms with Gasteiger partial charge >= 0.3 is 0 Å². The number of amides is 1. The number of hydrogen-bond acceptors (Lipinski definition) is 3. The summed E-state index contributed by atoms with van der Waals surface area (Å²) in [6.45, 7) is 4.42. The summed E-state index contributed by atoms with van der Waals surface area (Å²) < 4.78 is 12.0. The highest BCUT2D eigenvalue weighted by Crippen LogP contribution is 2.39. The van der Waals surface area contributed by atoms with Gasteiger partial charge in [0.1, 0.15) is 23.7 Å². The molecule has 1 amide bonds. The van der Waals surface area contributed by atoms with Crippen molar-refractivity contribution >= 4 is 17.5 Å². The average Bonchev–Trinajstić information content (AvgIpc) is 2.72. The fourth-order valence-corrected chi connectivity index (χ4v) is 3.88. The van der Waals surface area contributed by atoms with Crippen molar-refractivity contribution in [2.75, 3.05) is 0 Å². The number of para-hydroxylation sites is 1. The lowest BCUT2D eigenvalue weighted by Crippen LogP contribution is -2.41. The van der Waals surface area contributed by atoms with Gasteiger partial charge in [-0.1, -0.05) is 60.1 Å². The molecule has 3 aromatic carbocycles. The molecule has 0 aliphatic carbocycles. The minimum atomic E-state index is -0.382. The van der Waals surface area contributed by atoms with Gasteiger partial charge in [0.2, 0.25) is 0 Å². The third-order valence-corrected chi connectivity index (χ3v) is 5.34. The van der Waals surface area contributed by atoms with Crippen molar-refractivity contribution in [3.05, 3.63) is 94.5 Å². The van der Waals surface area contributed by atoms with Gasteiger partial charge in [0.15, 0.2) is 0 Å². The minimum absolute atomic E-state index is 0.168. The highest BCUT2D eigenvalue weighted by molar-refractivity contribution is 6.31. The van der Waals surface area contributed by atoms with E-state index in [2.05, 4.69) is 5.32 Å². The molecule has 0 unspecified atom stereocenters. The molecule has 4 rings (SSSR count). The second-order valence-electron chi connectivity index (χ2n) is 8.04. The maximum atomic E-state index is 13.2. The van der Waals surface area contributed by atoms with Gasteiger partial charge < -0.3 is 14.8 Å². The quantitative estimate of drug-likeness (QED) is 0.553. The van der Waals surface area contributed by atoms with Crippen molar-refractivity contribution in [2.24, 2.45) is 0 Å². The standard InChI is InChI=1S/C25H24ClNO3/c1-25(2)15-21(19-10-6-7-11-23(19)30-25)27-24(28)20-14-18(26)12-13-22(20)29-16-17-8-4-3-5-9-17/h3-14,21H,15-16H2,1-2H3,(H,27,28)/t21-/m0/s1. The first-order chi connectivity index (χ1) is 14.4. The number of carbonyl (C=O) groups excluding carboxylic acids is 1. The fourth-order valence-electron chi connectivity index (χ4n) is 3.71. The number of ether oxygens (including phenoxy) is 2. The number of rotatable bonds is 5. The van der Waals surface area contributed by atoms with Crippen LogP contribution in [0.3, 0.4) is 0 Å². The molecule has 1 atom stereocenters. The number of nitrogens with one attached hydrogen (secondary N) is 1. The predicted molar refractivity (Wildman–Crippen MR) is 118 cm³/mol. The topological polar surface area (TPSA) is 47.6 Å². The Hall–Kier alpha value is -2.98. The number of fused-ring (bicyclic) bond motifs is 1. The van der Waals surface area contributed by atoms with Crippen molar-refractivity contribution in [3.63, 3.8) is 0 Å². The molecular formula is C25H24ClNO3. The number of hydrogen-bond donors (Lipinski definition) is 1. The first-order valence-electron chi connectivity index (χ1n) is 9.96. The van der Waals surface area contributed by atoms with Gasteiger partial charge in [-0.25, -0.2) is 0 Å². The number of benzene rings is 3. The van der Waals surface area contributed by atoms with Crippen LogP contribution in [0.25, 0.3) is 0 Å². The van der Waals surface area contributed by atoms with Crippen LogP contribution in [0, 0.1) is 0 Å². The zero-order valence-corrected chi connectivity index (χ0v) is 17.8. The average molecular weight is 422 g/mol. The predicted octanol–water partition coefficient (Wildman–Crippen LogP) is 5.95. The van der Waals surface area contributed by atoms with Gasteiger partial charge in [0.25, 0.3) is 5.91 Å². The first kappa shape index (κ1) is 20.3. The van der Waals surface area contributed by atoms with Crippen LogP contribution in [-0.2, 0) is 6.61 Å². The second kappa shape index (κ2) is 8.41. The molecule has 1 N–H and O–H groups in total. The number of halogens is 1. The van der Waals surface area contributed by atoms with Crippen LogP contribution >= 0.6 is 11.6 Å². The van der Waals surface area contributed by atoms with Crippen LogP contribution < -0.4 is 14.8 Å². The Morgan fingerprint density at radius 1 is 1.10 bits per heavy atom. The highest BCUT2D eigenvalue weighted by atomic mass is 35.5. The van der Waals surface area contributed by atoms with Gasteiger partial charge in [-0.15, -0.1) is 0 Å². The molecule has 0 spiro atoms. The largest absolute Gasteiger partial charge is 0.488 e. The van der Waals surface area contributed by atoms with E-state index < -0.39 is 0 Å². The molecule has 1 aliphatic heterocycles. The smallest absolute Gasteiger partial charge is 0.255 e. The Morgan fingerprint density at radius 2 is 1.83 bits per heavy atom.